The third-order valence-corrected chi connectivity index (χ3v) is 4.41. The molecule has 2 heterocycles. The Kier molecular flexibility index (Phi) is 10.4. The third-order valence-electron chi connectivity index (χ3n) is 3.45. The first-order chi connectivity index (χ1) is 14.4. The number of hydrogen-bond donors (Lipinski definition) is 1. The average Bonchev–Trinajstić information content (AvgIpc) is 3.15. The van der Waals surface area contributed by atoms with E-state index in [4.69, 9.17) is 5.11 Å². The Balaban J connectivity index is 0.00000212. The first kappa shape index (κ1) is 28.1. The predicted molar refractivity (Wildman–Crippen MR) is 102 cm³/mol. The average molecular weight is 472 g/mol. The van der Waals surface area contributed by atoms with Crippen molar-refractivity contribution in [1.29, 1.82) is 0 Å². The van der Waals surface area contributed by atoms with E-state index in [1.54, 1.807) is 0 Å². The number of fused-ring (bicyclic) bond motifs is 1. The number of aliphatic hydroxyl groups excluding tert-OH is 1. The summed E-state index contributed by atoms with van der Waals surface area (Å²) in [7, 11) is -2.94. The lowest BCUT2D eigenvalue weighted by Gasteiger charge is -2.15. The molecule has 0 fully saturated rings. The summed E-state index contributed by atoms with van der Waals surface area (Å²) < 4.78 is 75.5. The van der Waals surface area contributed by atoms with E-state index in [-0.39, 0.29) is 22.3 Å². The van der Waals surface area contributed by atoms with E-state index in [1.807, 2.05) is 13.8 Å². The van der Waals surface area contributed by atoms with Crippen LogP contribution in [-0.4, -0.2) is 61.9 Å². The van der Waals surface area contributed by atoms with Gasteiger partial charge in [-0.3, -0.25) is 4.79 Å². The normalized spacial score (nSPS) is 10.9. The predicted octanol–water partition coefficient (Wildman–Crippen LogP) is 2.01. The molecular weight excluding hydrogens is 449 g/mol. The van der Waals surface area contributed by atoms with Crippen molar-refractivity contribution in [2.45, 2.75) is 32.7 Å². The van der Waals surface area contributed by atoms with Gasteiger partial charge in [0.15, 0.2) is 11.4 Å². The van der Waals surface area contributed by atoms with Crippen molar-refractivity contribution < 1.29 is 49.9 Å². The Bertz CT molecular complexity index is 1020. The van der Waals surface area contributed by atoms with Crippen LogP contribution in [0, 0.1) is 6.92 Å². The maximum absolute atomic E-state index is 12.8. The van der Waals surface area contributed by atoms with Crippen LogP contribution in [0.2, 0.25) is 0 Å². The van der Waals surface area contributed by atoms with Crippen LogP contribution in [0.1, 0.15) is 35.5 Å². The summed E-state index contributed by atoms with van der Waals surface area (Å²) in [6, 6.07) is 0.979. The van der Waals surface area contributed by atoms with Crippen molar-refractivity contribution in [3.63, 3.8) is 0 Å². The number of pyridine rings is 1. The smallest absolute Gasteiger partial charge is 0.469 e. The van der Waals surface area contributed by atoms with E-state index in [0.29, 0.717) is 0 Å². The van der Waals surface area contributed by atoms with Gasteiger partial charge in [-0.2, -0.15) is 26.7 Å². The zero-order valence-electron chi connectivity index (χ0n) is 17.6. The molecular formula is C17H23F3N2O8S. The molecule has 0 aliphatic heterocycles. The first-order valence-corrected chi connectivity index (χ1v) is 9.94. The van der Waals surface area contributed by atoms with Gasteiger partial charge in [0, 0.05) is 24.9 Å². The second kappa shape index (κ2) is 11.5. The number of esters is 2. The van der Waals surface area contributed by atoms with E-state index in [0.717, 1.165) is 31.9 Å². The van der Waals surface area contributed by atoms with E-state index >= 15 is 0 Å². The van der Waals surface area contributed by atoms with Gasteiger partial charge >= 0.3 is 27.6 Å². The Labute approximate surface area is 176 Å². The standard InChI is InChI=1S/C14H13F3N2O7S.C2H6.CH4O/c1-7-6-19-10(5-9(18-19)13(21)25-3)12(8(7)4-11(20)24-2)26-27(22,23)14(15,16)17;2*1-2/h5-6H,4H2,1-3H3;1-2H3;2H,1H3. The molecule has 0 radical (unpaired) electrons. The number of ether oxygens (including phenoxy) is 2. The van der Waals surface area contributed by atoms with Crippen LogP contribution >= 0.6 is 0 Å². The molecule has 0 amide bonds. The van der Waals surface area contributed by atoms with Gasteiger partial charge in [-0.1, -0.05) is 13.8 Å². The number of aliphatic hydroxyl groups is 1. The Morgan fingerprint density at radius 2 is 1.71 bits per heavy atom. The van der Waals surface area contributed by atoms with Crippen molar-refractivity contribution >= 4 is 27.6 Å². The molecule has 0 unspecified atom stereocenters. The van der Waals surface area contributed by atoms with Crippen LogP contribution < -0.4 is 4.18 Å². The van der Waals surface area contributed by atoms with Gasteiger partial charge in [-0.15, -0.1) is 0 Å². The molecule has 0 aliphatic carbocycles. The zero-order valence-corrected chi connectivity index (χ0v) is 18.4. The largest absolute Gasteiger partial charge is 0.534 e. The molecule has 2 aromatic rings. The quantitative estimate of drug-likeness (QED) is 0.394. The summed E-state index contributed by atoms with van der Waals surface area (Å²) in [5.74, 6) is -2.54. The number of carbonyl (C=O) groups excluding carboxylic acids is 2. The molecule has 0 aromatic carbocycles. The van der Waals surface area contributed by atoms with Gasteiger partial charge in [0.2, 0.25) is 0 Å². The highest BCUT2D eigenvalue weighted by Gasteiger charge is 2.49. The van der Waals surface area contributed by atoms with E-state index in [1.165, 1.54) is 13.1 Å². The number of carbonyl (C=O) groups is 2. The Morgan fingerprint density at radius 1 is 1.16 bits per heavy atom. The Hall–Kier alpha value is -2.87. The minimum Gasteiger partial charge on any atom is -0.469 e. The van der Waals surface area contributed by atoms with Gasteiger partial charge in [0.25, 0.3) is 0 Å². The summed E-state index contributed by atoms with van der Waals surface area (Å²) in [4.78, 5) is 23.2. The summed E-state index contributed by atoms with van der Waals surface area (Å²) in [5.41, 5.74) is -6.28. The van der Waals surface area contributed by atoms with Crippen molar-refractivity contribution in [2.75, 3.05) is 21.3 Å². The topological polar surface area (TPSA) is 134 Å². The molecule has 0 atom stereocenters. The SMILES string of the molecule is CC.CO.COC(=O)Cc1c(C)cn2nc(C(=O)OC)cc2c1OS(=O)(=O)C(F)(F)F. The molecule has 10 nitrogen and oxygen atoms in total. The summed E-state index contributed by atoms with van der Waals surface area (Å²) in [5, 5.41) is 10.8. The highest BCUT2D eigenvalue weighted by atomic mass is 32.2. The molecule has 176 valence electrons. The molecule has 1 N–H and O–H groups in total. The number of alkyl halides is 3. The number of rotatable bonds is 5. The molecule has 0 spiro atoms. The number of aryl methyl sites for hydroxylation is 1. The number of halogens is 3. The van der Waals surface area contributed by atoms with Gasteiger partial charge in [0.05, 0.1) is 20.6 Å². The fraction of sp³-hybridized carbons (Fsp3) is 0.471. The summed E-state index contributed by atoms with van der Waals surface area (Å²) >= 11 is 0. The van der Waals surface area contributed by atoms with Crippen molar-refractivity contribution in [1.82, 2.24) is 9.61 Å². The number of nitrogens with zero attached hydrogens (tertiary/aromatic N) is 2. The number of methoxy groups -OCH3 is 2. The van der Waals surface area contributed by atoms with E-state index in [9.17, 15) is 31.2 Å². The van der Waals surface area contributed by atoms with Crippen LogP contribution in [0.3, 0.4) is 0 Å². The zero-order chi connectivity index (χ0) is 24.6. The third kappa shape index (κ3) is 6.55. The molecule has 2 aromatic heterocycles. The molecule has 0 saturated heterocycles. The second-order valence-electron chi connectivity index (χ2n) is 5.21. The summed E-state index contributed by atoms with van der Waals surface area (Å²) in [6.45, 7) is 5.39. The monoisotopic (exact) mass is 472 g/mol. The first-order valence-electron chi connectivity index (χ1n) is 8.53. The van der Waals surface area contributed by atoms with Crippen molar-refractivity contribution in [2.24, 2.45) is 0 Å². The minimum absolute atomic E-state index is 0.168. The fourth-order valence-electron chi connectivity index (χ4n) is 2.15. The highest BCUT2D eigenvalue weighted by molar-refractivity contribution is 7.88. The van der Waals surface area contributed by atoms with Gasteiger partial charge in [0.1, 0.15) is 5.52 Å². The lowest BCUT2D eigenvalue weighted by Crippen LogP contribution is -2.29. The summed E-state index contributed by atoms with van der Waals surface area (Å²) in [6.07, 6.45) is 0.716. The molecule has 31 heavy (non-hydrogen) atoms. The number of aromatic nitrogens is 2. The van der Waals surface area contributed by atoms with Crippen LogP contribution in [0.15, 0.2) is 12.3 Å². The molecule has 2 rings (SSSR count). The minimum atomic E-state index is -6.05. The molecule has 0 saturated carbocycles. The molecule has 0 bridgehead atoms. The van der Waals surface area contributed by atoms with Crippen LogP contribution in [0.25, 0.3) is 5.52 Å². The Morgan fingerprint density at radius 3 is 2.16 bits per heavy atom. The van der Waals surface area contributed by atoms with Crippen molar-refractivity contribution in [3.05, 3.63) is 29.1 Å². The fourth-order valence-corrected chi connectivity index (χ4v) is 2.65. The van der Waals surface area contributed by atoms with Crippen LogP contribution in [0.4, 0.5) is 13.2 Å². The van der Waals surface area contributed by atoms with Gasteiger partial charge < -0.3 is 18.8 Å². The van der Waals surface area contributed by atoms with E-state index in [2.05, 4.69) is 18.8 Å². The molecule has 0 aliphatic rings. The highest BCUT2D eigenvalue weighted by Crippen LogP contribution is 2.34. The second-order valence-corrected chi connectivity index (χ2v) is 6.74. The maximum Gasteiger partial charge on any atom is 0.534 e. The van der Waals surface area contributed by atoms with Crippen LogP contribution in [-0.2, 0) is 30.8 Å². The molecule has 14 heteroatoms. The van der Waals surface area contributed by atoms with Crippen LogP contribution in [0.5, 0.6) is 5.75 Å². The maximum atomic E-state index is 12.8. The lowest BCUT2D eigenvalue weighted by atomic mass is 10.1. The lowest BCUT2D eigenvalue weighted by molar-refractivity contribution is -0.139. The van der Waals surface area contributed by atoms with Gasteiger partial charge in [-0.05, 0) is 12.5 Å². The van der Waals surface area contributed by atoms with Crippen molar-refractivity contribution in [3.8, 4) is 5.75 Å². The van der Waals surface area contributed by atoms with Gasteiger partial charge in [-0.25, -0.2) is 9.31 Å². The van der Waals surface area contributed by atoms with E-state index < -0.39 is 39.7 Å². The number of hydrogen-bond acceptors (Lipinski definition) is 9.